The van der Waals surface area contributed by atoms with Gasteiger partial charge in [-0.3, -0.25) is 0 Å². The van der Waals surface area contributed by atoms with Gasteiger partial charge in [0, 0.05) is 21.1 Å². The number of nitrogens with zero attached hydrogens (tertiary/aromatic N) is 1. The molecule has 1 rings (SSSR count). The second-order valence-electron chi connectivity index (χ2n) is 2.94. The Hall–Kier alpha value is -1.27. The molecule has 98 valence electrons. The van der Waals surface area contributed by atoms with Gasteiger partial charge in [0.25, 0.3) is 0 Å². The molecule has 0 saturated carbocycles. The molecule has 4 nitrogen and oxygen atoms in total. The van der Waals surface area contributed by atoms with Crippen molar-refractivity contribution < 1.29 is 35.6 Å². The average Bonchev–Trinajstić information content (AvgIpc) is 2.92. The first-order chi connectivity index (χ1) is 8.16. The second-order valence-corrected chi connectivity index (χ2v) is 2.94. The molecule has 0 spiro atoms. The van der Waals surface area contributed by atoms with Crippen LogP contribution >= 0.6 is 0 Å². The van der Waals surface area contributed by atoms with Gasteiger partial charge in [0.15, 0.2) is 0 Å². The van der Waals surface area contributed by atoms with Crippen molar-refractivity contribution in [3.8, 4) is 0 Å². The maximum atomic E-state index is 7.50. The van der Waals surface area contributed by atoms with Crippen molar-refractivity contribution in [3.63, 3.8) is 0 Å². The van der Waals surface area contributed by atoms with Crippen LogP contribution in [0, 0.1) is 13.3 Å². The zero-order valence-electron chi connectivity index (χ0n) is 10.6. The normalized spacial score (nSPS) is 7.39. The number of rotatable bonds is 1. The molecule has 0 bridgehead atoms. The van der Waals surface area contributed by atoms with Gasteiger partial charge in [-0.25, -0.2) is 12.1 Å². The smallest absolute Gasteiger partial charge is 0 e. The molecule has 1 aromatic rings. The maximum Gasteiger partial charge on any atom is 0 e. The second kappa shape index (κ2) is 24.8. The molecule has 0 amide bonds. The Labute approximate surface area is 122 Å². The van der Waals surface area contributed by atoms with Crippen LogP contribution in [0.15, 0.2) is 47.1 Å². The van der Waals surface area contributed by atoms with Gasteiger partial charge in [-0.1, -0.05) is 5.57 Å². The van der Waals surface area contributed by atoms with E-state index in [1.807, 2.05) is 50.3 Å². The van der Waals surface area contributed by atoms with Crippen LogP contribution in [0.5, 0.6) is 0 Å². The third kappa shape index (κ3) is 29.3. The number of allylic oxidation sites excluding steroid dienone is 2. The summed E-state index contributed by atoms with van der Waals surface area (Å²) >= 11 is 0. The Morgan fingerprint density at radius 3 is 1.61 bits per heavy atom. The fraction of sp³-hybridized carbons (Fsp3) is 0.231. The fourth-order valence-corrected chi connectivity index (χ4v) is 0.771. The van der Waals surface area contributed by atoms with Gasteiger partial charge in [0.05, 0.1) is 5.16 Å². The Morgan fingerprint density at radius 1 is 1.11 bits per heavy atom. The molecule has 0 fully saturated rings. The van der Waals surface area contributed by atoms with E-state index in [1.54, 1.807) is 6.92 Å². The SMILES string of the molecule is CC(C)=CC(C)=N[OH2+].[C-]#[O+].[C-]#[O+].[W].c1cc[cH-]c1. The van der Waals surface area contributed by atoms with Crippen molar-refractivity contribution in [3.05, 3.63) is 55.3 Å². The first kappa shape index (κ1) is 25.5. The van der Waals surface area contributed by atoms with Gasteiger partial charge in [0.2, 0.25) is 0 Å². The van der Waals surface area contributed by atoms with Crippen molar-refractivity contribution in [1.82, 2.24) is 0 Å². The Kier molecular flexibility index (Phi) is 35.2. The molecule has 0 aliphatic carbocycles. The molecule has 5 heteroatoms. The van der Waals surface area contributed by atoms with Gasteiger partial charge in [-0.15, -0.1) is 0 Å². The van der Waals surface area contributed by atoms with E-state index in [9.17, 15) is 0 Å². The van der Waals surface area contributed by atoms with Crippen molar-refractivity contribution in [2.75, 3.05) is 0 Å². The van der Waals surface area contributed by atoms with Gasteiger partial charge in [0.1, 0.15) is 5.71 Å². The predicted molar refractivity (Wildman–Crippen MR) is 66.0 cm³/mol. The van der Waals surface area contributed by atoms with E-state index >= 15 is 0 Å². The molecule has 18 heavy (non-hydrogen) atoms. The number of hydrogen-bond donors (Lipinski definition) is 0. The van der Waals surface area contributed by atoms with Gasteiger partial charge < -0.3 is 5.21 Å². The summed E-state index contributed by atoms with van der Waals surface area (Å²) in [7, 11) is 0. The molecular formula is C13H17NO3W. The molecule has 0 aromatic heterocycles. The summed E-state index contributed by atoms with van der Waals surface area (Å²) in [6.07, 6.45) is 1.87. The van der Waals surface area contributed by atoms with Gasteiger partial charge in [-0.05, 0) is 26.8 Å². The Morgan fingerprint density at radius 2 is 1.50 bits per heavy atom. The Balaban J connectivity index is -0.0000000847. The zero-order valence-corrected chi connectivity index (χ0v) is 13.6. The summed E-state index contributed by atoms with van der Waals surface area (Å²) in [6.45, 7) is 14.8. The van der Waals surface area contributed by atoms with Crippen molar-refractivity contribution in [2.45, 2.75) is 20.8 Å². The van der Waals surface area contributed by atoms with Crippen LogP contribution in [0.4, 0.5) is 0 Å². The first-order valence-electron chi connectivity index (χ1n) is 4.60. The minimum atomic E-state index is 0. The van der Waals surface area contributed by atoms with Gasteiger partial charge >= 0.3 is 22.6 Å². The van der Waals surface area contributed by atoms with Crippen LogP contribution in [-0.4, -0.2) is 10.9 Å². The van der Waals surface area contributed by atoms with E-state index in [1.165, 1.54) is 5.57 Å². The van der Waals surface area contributed by atoms with E-state index in [2.05, 4.69) is 18.5 Å². The van der Waals surface area contributed by atoms with Crippen LogP contribution in [0.1, 0.15) is 20.8 Å². The summed E-state index contributed by atoms with van der Waals surface area (Å²) < 4.78 is 15.0. The summed E-state index contributed by atoms with van der Waals surface area (Å²) in [5.41, 5.74) is 1.93. The van der Waals surface area contributed by atoms with E-state index < -0.39 is 0 Å². The molecule has 0 aliphatic heterocycles. The van der Waals surface area contributed by atoms with Crippen molar-refractivity contribution >= 4 is 5.71 Å². The van der Waals surface area contributed by atoms with E-state index in [0.717, 1.165) is 5.71 Å². The van der Waals surface area contributed by atoms with Crippen molar-refractivity contribution in [2.24, 2.45) is 5.16 Å². The van der Waals surface area contributed by atoms with Crippen LogP contribution < -0.4 is 0 Å². The molecule has 2 N–H and O–H groups in total. The van der Waals surface area contributed by atoms with Crippen molar-refractivity contribution in [1.29, 1.82) is 0 Å². The third-order valence-electron chi connectivity index (χ3n) is 1.23. The molecular weight excluding hydrogens is 402 g/mol. The Bertz CT molecular complexity index is 310. The minimum Gasteiger partial charge on any atom is -0.214 e. The molecule has 0 saturated heterocycles. The molecule has 0 unspecified atom stereocenters. The number of hydrogen-bond acceptors (Lipinski definition) is 1. The summed E-state index contributed by atoms with van der Waals surface area (Å²) in [5, 5.41) is 9.76. The zero-order chi connectivity index (χ0) is 14.1. The largest absolute Gasteiger partial charge is 0.214 e. The van der Waals surface area contributed by atoms with E-state index in [-0.39, 0.29) is 21.1 Å². The molecule has 0 aliphatic rings. The molecule has 1 aromatic carbocycles. The quantitative estimate of drug-likeness (QED) is 0.290. The topological polar surface area (TPSA) is 75.1 Å². The first-order valence-corrected chi connectivity index (χ1v) is 4.60. The van der Waals surface area contributed by atoms with E-state index in [4.69, 9.17) is 14.5 Å². The monoisotopic (exact) mass is 419 g/mol. The fourth-order valence-electron chi connectivity index (χ4n) is 0.771. The minimum absolute atomic E-state index is 0. The van der Waals surface area contributed by atoms with E-state index in [0.29, 0.717) is 0 Å². The average molecular weight is 419 g/mol. The summed E-state index contributed by atoms with van der Waals surface area (Å²) in [6, 6.07) is 10.0. The maximum absolute atomic E-state index is 7.50. The molecule has 0 radical (unpaired) electrons. The van der Waals surface area contributed by atoms with Crippen LogP contribution in [-0.2, 0) is 30.4 Å². The molecule has 0 heterocycles. The summed E-state index contributed by atoms with van der Waals surface area (Å²) in [5.74, 6) is 0. The van der Waals surface area contributed by atoms with Crippen LogP contribution in [0.3, 0.4) is 0 Å². The van der Waals surface area contributed by atoms with Gasteiger partial charge in [-0.2, -0.15) is 18.2 Å². The van der Waals surface area contributed by atoms with Crippen LogP contribution in [0.2, 0.25) is 0 Å². The summed E-state index contributed by atoms with van der Waals surface area (Å²) in [4.78, 5) is 0. The molecule has 0 atom stereocenters. The van der Waals surface area contributed by atoms with Crippen LogP contribution in [0.25, 0.3) is 0 Å². The predicted octanol–water partition coefficient (Wildman–Crippen LogP) is 2.38. The standard InChI is InChI=1S/C6H11NO.C5H5.2CO.W/c1-5(2)4-6(3)7-8;1-2-4-5-3-1;2*1-2;/h4,8H,1-3H3;1-5H;;;/q;-1;;;/p+1. The third-order valence-corrected chi connectivity index (χ3v) is 1.23.